The zero-order chi connectivity index (χ0) is 15.0. The molecule has 0 radical (unpaired) electrons. The molecule has 1 saturated carbocycles. The summed E-state index contributed by atoms with van der Waals surface area (Å²) in [5.74, 6) is 8.63. The fourth-order valence-corrected chi connectivity index (χ4v) is 3.36. The van der Waals surface area contributed by atoms with E-state index in [4.69, 9.17) is 21.3 Å². The van der Waals surface area contributed by atoms with Gasteiger partial charge in [-0.3, -0.25) is 0 Å². The minimum atomic E-state index is 0.407. The number of anilines is 1. The van der Waals surface area contributed by atoms with E-state index in [-0.39, 0.29) is 0 Å². The van der Waals surface area contributed by atoms with Crippen LogP contribution in [0.5, 0.6) is 5.75 Å². The number of nitrogens with zero attached hydrogens (tertiary/aromatic N) is 2. The van der Waals surface area contributed by atoms with Crippen LogP contribution in [0.25, 0.3) is 11.3 Å². The number of aromatic nitrogens is 2. The molecule has 21 heavy (non-hydrogen) atoms. The Kier molecular flexibility index (Phi) is 3.80. The third kappa shape index (κ3) is 2.48. The van der Waals surface area contributed by atoms with Crippen LogP contribution in [0.3, 0.4) is 0 Å². The highest BCUT2D eigenvalue weighted by Gasteiger charge is 2.26. The second-order valence-corrected chi connectivity index (χ2v) is 6.32. The van der Waals surface area contributed by atoms with Crippen LogP contribution in [-0.2, 0) is 0 Å². The van der Waals surface area contributed by atoms with Crippen molar-refractivity contribution in [2.75, 3.05) is 18.7 Å². The summed E-state index contributed by atoms with van der Waals surface area (Å²) in [5.41, 5.74) is 7.73. The van der Waals surface area contributed by atoms with Gasteiger partial charge in [-0.25, -0.2) is 9.66 Å². The summed E-state index contributed by atoms with van der Waals surface area (Å²) in [6.07, 6.45) is 4.71. The van der Waals surface area contributed by atoms with Gasteiger partial charge in [0.2, 0.25) is 0 Å². The van der Waals surface area contributed by atoms with Gasteiger partial charge >= 0.3 is 0 Å². The van der Waals surface area contributed by atoms with Gasteiger partial charge in [-0.1, -0.05) is 28.8 Å². The topological polar surface area (TPSA) is 79.1 Å². The number of nitrogen functional groups attached to an aromatic ring is 2. The normalized spacial score (nSPS) is 15.5. The van der Waals surface area contributed by atoms with Gasteiger partial charge in [0.1, 0.15) is 17.3 Å². The van der Waals surface area contributed by atoms with Crippen molar-refractivity contribution >= 4 is 21.7 Å². The average Bonchev–Trinajstić information content (AvgIpc) is 3.09. The Balaban J connectivity index is 2.11. The zero-order valence-electron chi connectivity index (χ0n) is 12.0. The van der Waals surface area contributed by atoms with Crippen molar-refractivity contribution in [1.82, 2.24) is 9.66 Å². The first-order valence-electron chi connectivity index (χ1n) is 7.09. The fourth-order valence-electron chi connectivity index (χ4n) is 3.00. The van der Waals surface area contributed by atoms with Crippen molar-refractivity contribution in [3.63, 3.8) is 0 Å². The van der Waals surface area contributed by atoms with Gasteiger partial charge in [-0.15, -0.1) is 0 Å². The van der Waals surface area contributed by atoms with E-state index in [2.05, 4.69) is 15.9 Å². The number of hydrogen-bond donors (Lipinski definition) is 2. The van der Waals surface area contributed by atoms with Crippen LogP contribution in [0.15, 0.2) is 22.7 Å². The molecule has 3 rings (SSSR count). The first-order chi connectivity index (χ1) is 10.1. The van der Waals surface area contributed by atoms with Crippen molar-refractivity contribution in [3.05, 3.63) is 28.5 Å². The predicted molar refractivity (Wildman–Crippen MR) is 87.7 cm³/mol. The second-order valence-electron chi connectivity index (χ2n) is 5.40. The van der Waals surface area contributed by atoms with Crippen LogP contribution < -0.4 is 16.3 Å². The molecule has 1 aromatic carbocycles. The molecule has 1 aromatic heterocycles. The summed E-state index contributed by atoms with van der Waals surface area (Å²) < 4.78 is 7.90. The molecule has 0 saturated heterocycles. The van der Waals surface area contributed by atoms with Gasteiger partial charge in [-0.05, 0) is 31.0 Å². The van der Waals surface area contributed by atoms with Gasteiger partial charge in [0, 0.05) is 16.0 Å². The van der Waals surface area contributed by atoms with Gasteiger partial charge in [-0.2, -0.15) is 0 Å². The van der Waals surface area contributed by atoms with Gasteiger partial charge < -0.3 is 16.3 Å². The highest BCUT2D eigenvalue weighted by molar-refractivity contribution is 9.10. The molecule has 0 unspecified atom stereocenters. The molecule has 1 heterocycles. The van der Waals surface area contributed by atoms with Crippen molar-refractivity contribution < 1.29 is 4.74 Å². The monoisotopic (exact) mass is 350 g/mol. The maximum atomic E-state index is 6.18. The first kappa shape index (κ1) is 14.3. The van der Waals surface area contributed by atoms with Crippen LogP contribution in [0.4, 0.5) is 5.82 Å². The van der Waals surface area contributed by atoms with Crippen molar-refractivity contribution in [2.45, 2.75) is 31.6 Å². The SMILES string of the molecule is COc1ccc(Br)cc1-c1nc(C2CCCC2)n(N)c1N. The molecule has 0 aliphatic heterocycles. The number of methoxy groups -OCH3 is 1. The molecule has 1 aliphatic rings. The molecule has 0 spiro atoms. The quantitative estimate of drug-likeness (QED) is 0.832. The molecular formula is C15H19BrN4O. The molecule has 112 valence electrons. The van der Waals surface area contributed by atoms with E-state index in [1.807, 2.05) is 18.2 Å². The fraction of sp³-hybridized carbons (Fsp3) is 0.400. The third-order valence-corrected chi connectivity index (χ3v) is 4.61. The van der Waals surface area contributed by atoms with Gasteiger partial charge in [0.25, 0.3) is 0 Å². The molecule has 5 nitrogen and oxygen atoms in total. The standard InChI is InChI=1S/C15H19BrN4O/c1-21-12-7-6-10(16)8-11(12)13-14(17)20(18)15(19-13)9-4-2-3-5-9/h6-9H,2-5,17-18H2,1H3. The molecule has 4 N–H and O–H groups in total. The molecule has 0 atom stereocenters. The van der Waals surface area contributed by atoms with E-state index in [1.165, 1.54) is 17.5 Å². The van der Waals surface area contributed by atoms with E-state index in [1.54, 1.807) is 7.11 Å². The highest BCUT2D eigenvalue weighted by Crippen LogP contribution is 2.39. The molecular weight excluding hydrogens is 332 g/mol. The Morgan fingerprint density at radius 1 is 1.33 bits per heavy atom. The summed E-state index contributed by atoms with van der Waals surface area (Å²) in [7, 11) is 1.64. The number of benzene rings is 1. The van der Waals surface area contributed by atoms with Crippen LogP contribution >= 0.6 is 15.9 Å². The second kappa shape index (κ2) is 5.60. The maximum absolute atomic E-state index is 6.18. The van der Waals surface area contributed by atoms with Crippen LogP contribution in [0, 0.1) is 0 Å². The van der Waals surface area contributed by atoms with Crippen molar-refractivity contribution in [1.29, 1.82) is 0 Å². The average molecular weight is 351 g/mol. The van der Waals surface area contributed by atoms with Crippen molar-refractivity contribution in [3.8, 4) is 17.0 Å². The van der Waals surface area contributed by atoms with E-state index in [0.717, 1.165) is 34.5 Å². The Labute approximate surface area is 132 Å². The van der Waals surface area contributed by atoms with Crippen LogP contribution in [-0.4, -0.2) is 16.8 Å². The number of imidazole rings is 1. The lowest BCUT2D eigenvalue weighted by atomic mass is 10.1. The number of ether oxygens (including phenoxy) is 1. The Morgan fingerprint density at radius 2 is 2.05 bits per heavy atom. The van der Waals surface area contributed by atoms with E-state index >= 15 is 0 Å². The highest BCUT2D eigenvalue weighted by atomic mass is 79.9. The van der Waals surface area contributed by atoms with E-state index < -0.39 is 0 Å². The number of nitrogens with two attached hydrogens (primary N) is 2. The Hall–Kier alpha value is -1.69. The lowest BCUT2D eigenvalue weighted by molar-refractivity contribution is 0.416. The minimum Gasteiger partial charge on any atom is -0.496 e. The zero-order valence-corrected chi connectivity index (χ0v) is 13.6. The summed E-state index contributed by atoms with van der Waals surface area (Å²) in [6, 6.07) is 5.77. The van der Waals surface area contributed by atoms with Crippen molar-refractivity contribution in [2.24, 2.45) is 0 Å². The van der Waals surface area contributed by atoms with Gasteiger partial charge in [0.15, 0.2) is 5.82 Å². The Morgan fingerprint density at radius 3 is 2.71 bits per heavy atom. The molecule has 2 aromatic rings. The van der Waals surface area contributed by atoms with Crippen LogP contribution in [0.2, 0.25) is 0 Å². The molecule has 1 fully saturated rings. The lowest BCUT2D eigenvalue weighted by Gasteiger charge is -2.08. The number of rotatable bonds is 3. The maximum Gasteiger partial charge on any atom is 0.150 e. The molecule has 1 aliphatic carbocycles. The minimum absolute atomic E-state index is 0.407. The van der Waals surface area contributed by atoms with Crippen LogP contribution in [0.1, 0.15) is 37.4 Å². The largest absolute Gasteiger partial charge is 0.496 e. The third-order valence-electron chi connectivity index (χ3n) is 4.11. The number of hydrogen-bond acceptors (Lipinski definition) is 4. The smallest absolute Gasteiger partial charge is 0.150 e. The number of halogens is 1. The first-order valence-corrected chi connectivity index (χ1v) is 7.88. The Bertz CT molecular complexity index is 662. The van der Waals surface area contributed by atoms with E-state index in [0.29, 0.717) is 17.4 Å². The summed E-state index contributed by atoms with van der Waals surface area (Å²) in [6.45, 7) is 0. The summed E-state index contributed by atoms with van der Waals surface area (Å²) in [4.78, 5) is 4.72. The van der Waals surface area contributed by atoms with Gasteiger partial charge in [0.05, 0.1) is 7.11 Å². The molecule has 0 bridgehead atoms. The summed E-state index contributed by atoms with van der Waals surface area (Å²) in [5, 5.41) is 0. The summed E-state index contributed by atoms with van der Waals surface area (Å²) >= 11 is 3.48. The predicted octanol–water partition coefficient (Wildman–Crippen LogP) is 3.27. The van der Waals surface area contributed by atoms with E-state index in [9.17, 15) is 0 Å². The lowest BCUT2D eigenvalue weighted by Crippen LogP contribution is -2.17. The molecule has 0 amide bonds. The molecule has 6 heteroatoms.